The first-order valence-corrected chi connectivity index (χ1v) is 10.9. The van der Waals surface area contributed by atoms with Gasteiger partial charge >= 0.3 is 42.3 Å². The van der Waals surface area contributed by atoms with Crippen molar-refractivity contribution in [1.29, 1.82) is 0 Å². The van der Waals surface area contributed by atoms with Gasteiger partial charge in [-0.15, -0.1) is 0 Å². The van der Waals surface area contributed by atoms with Crippen LogP contribution >= 0.6 is 0 Å². The average Bonchev–Trinajstić information content (AvgIpc) is 2.80. The summed E-state index contributed by atoms with van der Waals surface area (Å²) in [7, 11) is 0. The number of rotatable bonds is 8. The van der Waals surface area contributed by atoms with E-state index >= 15 is 0 Å². The zero-order valence-corrected chi connectivity index (χ0v) is 21.5. The van der Waals surface area contributed by atoms with Gasteiger partial charge in [0.1, 0.15) is 12.1 Å². The molecule has 0 spiro atoms. The second kappa shape index (κ2) is 18.9. The summed E-state index contributed by atoms with van der Waals surface area (Å²) in [5, 5.41) is 34.5. The van der Waals surface area contributed by atoms with Crippen LogP contribution in [-0.4, -0.2) is 75.1 Å². The molecule has 0 saturated heterocycles. The van der Waals surface area contributed by atoms with E-state index in [4.69, 9.17) is 48.2 Å². The third-order valence-corrected chi connectivity index (χ3v) is 4.13. The fourth-order valence-corrected chi connectivity index (χ4v) is 1.93. The Balaban J connectivity index is -0.000000489. The summed E-state index contributed by atoms with van der Waals surface area (Å²) in [6.07, 6.45) is -8.95. The van der Waals surface area contributed by atoms with Gasteiger partial charge in [-0.1, -0.05) is 13.8 Å². The molecule has 236 valence electrons. The van der Waals surface area contributed by atoms with Crippen LogP contribution in [0.4, 0.5) is 36.8 Å². The van der Waals surface area contributed by atoms with Crippen molar-refractivity contribution in [2.24, 2.45) is 23.1 Å². The lowest BCUT2D eigenvalue weighted by atomic mass is 10.1. The Morgan fingerprint density at radius 3 is 1.63 bits per heavy atom. The summed E-state index contributed by atoms with van der Waals surface area (Å²) in [6, 6.07) is 0.358. The highest BCUT2D eigenvalue weighted by Gasteiger charge is 2.38. The fourth-order valence-electron chi connectivity index (χ4n) is 1.93. The highest BCUT2D eigenvalue weighted by Crippen LogP contribution is 2.33. The highest BCUT2D eigenvalue weighted by atomic mass is 19.4. The van der Waals surface area contributed by atoms with E-state index < -0.39 is 65.5 Å². The highest BCUT2D eigenvalue weighted by molar-refractivity contribution is 5.90. The Bertz CT molecular complexity index is 1020. The van der Waals surface area contributed by atoms with Crippen LogP contribution in [0.5, 0.6) is 0 Å². The average molecular weight is 611 g/mol. The fraction of sp³-hybridized carbons (Fsp3) is 0.476. The molecule has 0 aromatic heterocycles. The Morgan fingerprint density at radius 2 is 1.37 bits per heavy atom. The Kier molecular flexibility index (Phi) is 18.9. The maximum Gasteiger partial charge on any atom is 0.490 e. The van der Waals surface area contributed by atoms with E-state index in [1.807, 2.05) is 0 Å². The second-order valence-electron chi connectivity index (χ2n) is 7.90. The zero-order chi connectivity index (χ0) is 33.3. The van der Waals surface area contributed by atoms with Gasteiger partial charge in [0, 0.05) is 12.2 Å². The first-order chi connectivity index (χ1) is 18.4. The van der Waals surface area contributed by atoms with Crippen LogP contribution in [-0.2, 0) is 20.6 Å². The number of amides is 2. The second-order valence-corrected chi connectivity index (χ2v) is 7.90. The van der Waals surface area contributed by atoms with E-state index in [2.05, 4.69) is 5.32 Å². The Labute approximate surface area is 228 Å². The summed E-state index contributed by atoms with van der Waals surface area (Å²) in [6.45, 7) is 3.91. The molecule has 1 aromatic carbocycles. The van der Waals surface area contributed by atoms with Crippen molar-refractivity contribution in [3.63, 3.8) is 0 Å². The van der Waals surface area contributed by atoms with Gasteiger partial charge in [-0.05, 0) is 37.0 Å². The molecular weight excluding hydrogens is 580 g/mol. The molecule has 1 rings (SSSR count). The largest absolute Gasteiger partial charge is 0.490 e. The van der Waals surface area contributed by atoms with E-state index in [9.17, 15) is 45.5 Å². The zero-order valence-electron chi connectivity index (χ0n) is 21.5. The van der Waals surface area contributed by atoms with Crippen molar-refractivity contribution in [3.05, 3.63) is 29.3 Å². The molecule has 2 atom stereocenters. The van der Waals surface area contributed by atoms with Gasteiger partial charge in [-0.2, -0.15) is 26.3 Å². The number of benzene rings is 1. The van der Waals surface area contributed by atoms with E-state index in [-0.39, 0.29) is 11.6 Å². The molecule has 0 aliphatic heterocycles. The van der Waals surface area contributed by atoms with Crippen LogP contribution in [0.1, 0.15) is 42.6 Å². The number of nitrogens with one attached hydrogen (secondary N) is 1. The third-order valence-electron chi connectivity index (χ3n) is 4.13. The summed E-state index contributed by atoms with van der Waals surface area (Å²) in [5.41, 5.74) is 18.1. The van der Waals surface area contributed by atoms with Crippen LogP contribution in [0.3, 0.4) is 0 Å². The molecule has 0 bridgehead atoms. The van der Waals surface area contributed by atoms with Gasteiger partial charge < -0.3 is 48.7 Å². The molecule has 0 saturated carbocycles. The summed E-state index contributed by atoms with van der Waals surface area (Å²) >= 11 is 0. The maximum atomic E-state index is 12.3. The lowest BCUT2D eigenvalue weighted by Crippen LogP contribution is -2.34. The van der Waals surface area contributed by atoms with Gasteiger partial charge in [-0.3, -0.25) is 9.59 Å². The standard InChI is InChI=1S/C8H6F3NO2.C6H13N3O3.C5H11NO2.C2HF3O2/c9-8(10,11)6-3-4(12)1-2-5(6)7(13)14;7-4(5(10)11)2-1-3-9-6(8)12;1-3(2)4(6)5(7)8;3-2(4,5)1(6)7/h1-3H,12H2,(H,13,14);4H,1-3,7H2,(H,10,11)(H3,8,9,12);3-4H,6H2,1-2H3,(H,7,8);(H,6,7)/t;2*4-;/m.00./s1. The van der Waals surface area contributed by atoms with E-state index in [0.29, 0.717) is 25.5 Å². The molecule has 1 aromatic rings. The molecule has 0 heterocycles. The Hall–Kier alpha value is -4.33. The molecule has 0 unspecified atom stereocenters. The van der Waals surface area contributed by atoms with Gasteiger partial charge in [-0.25, -0.2) is 14.4 Å². The number of carboxylic acid groups (broad SMARTS) is 4. The van der Waals surface area contributed by atoms with Crippen LogP contribution in [0, 0.1) is 5.92 Å². The normalized spacial score (nSPS) is 12.1. The number of hydrogen-bond acceptors (Lipinski definition) is 8. The first-order valence-electron chi connectivity index (χ1n) is 10.9. The molecular formula is C21H31F6N5O9. The summed E-state index contributed by atoms with van der Waals surface area (Å²) in [5.74, 6) is -6.33. The van der Waals surface area contributed by atoms with E-state index in [0.717, 1.165) is 12.1 Å². The number of alkyl halides is 6. The predicted molar refractivity (Wildman–Crippen MR) is 129 cm³/mol. The number of carbonyl (C=O) groups excluding carboxylic acids is 1. The van der Waals surface area contributed by atoms with Crippen molar-refractivity contribution >= 4 is 35.6 Å². The number of carbonyl (C=O) groups is 5. The number of anilines is 1. The molecule has 13 N–H and O–H groups in total. The lowest BCUT2D eigenvalue weighted by molar-refractivity contribution is -0.192. The number of aromatic carboxylic acids is 1. The quantitative estimate of drug-likeness (QED) is 0.115. The van der Waals surface area contributed by atoms with Crippen LogP contribution in [0.2, 0.25) is 0 Å². The maximum absolute atomic E-state index is 12.3. The first kappa shape index (κ1) is 41.2. The summed E-state index contributed by atoms with van der Waals surface area (Å²) < 4.78 is 68.5. The van der Waals surface area contributed by atoms with E-state index in [1.165, 1.54) is 0 Å². The minimum Gasteiger partial charge on any atom is -0.480 e. The topological polar surface area (TPSA) is 282 Å². The molecule has 2 amide bonds. The minimum atomic E-state index is -5.08. The number of aliphatic carboxylic acids is 3. The monoisotopic (exact) mass is 611 g/mol. The van der Waals surface area contributed by atoms with Crippen molar-refractivity contribution in [2.45, 2.75) is 51.1 Å². The van der Waals surface area contributed by atoms with Crippen LogP contribution < -0.4 is 28.3 Å². The molecule has 0 aliphatic rings. The molecule has 0 radical (unpaired) electrons. The number of hydrogen-bond donors (Lipinski definition) is 9. The number of carboxylic acids is 4. The van der Waals surface area contributed by atoms with Crippen molar-refractivity contribution < 1.29 is 70.7 Å². The van der Waals surface area contributed by atoms with E-state index in [1.54, 1.807) is 13.8 Å². The minimum absolute atomic E-state index is 0.0208. The summed E-state index contributed by atoms with van der Waals surface area (Å²) in [4.78, 5) is 49.7. The Morgan fingerprint density at radius 1 is 0.902 bits per heavy atom. The SMILES string of the molecule is CC(C)[C@H](N)C(=O)O.NC(=O)NCCC[C@H](N)C(=O)O.Nc1ccc(C(=O)O)c(C(F)(F)F)c1.O=C(O)C(F)(F)F. The van der Waals surface area contributed by atoms with Crippen LogP contribution in [0.25, 0.3) is 0 Å². The third kappa shape index (κ3) is 21.2. The van der Waals surface area contributed by atoms with Crippen molar-refractivity contribution in [2.75, 3.05) is 12.3 Å². The lowest BCUT2D eigenvalue weighted by Gasteiger charge is -2.10. The number of nitrogens with two attached hydrogens (primary N) is 4. The molecule has 41 heavy (non-hydrogen) atoms. The molecule has 0 fully saturated rings. The predicted octanol–water partition coefficient (Wildman–Crippen LogP) is 1.52. The smallest absolute Gasteiger partial charge is 0.480 e. The molecule has 0 aliphatic carbocycles. The van der Waals surface area contributed by atoms with Gasteiger partial charge in [0.2, 0.25) is 0 Å². The van der Waals surface area contributed by atoms with Crippen molar-refractivity contribution in [1.82, 2.24) is 5.32 Å². The van der Waals surface area contributed by atoms with Gasteiger partial charge in [0.25, 0.3) is 0 Å². The molecule has 14 nitrogen and oxygen atoms in total. The number of halogens is 6. The number of nitrogen functional groups attached to an aromatic ring is 1. The van der Waals surface area contributed by atoms with Gasteiger partial charge in [0.05, 0.1) is 11.1 Å². The number of primary amides is 1. The molecule has 20 heteroatoms. The number of urea groups is 1. The van der Waals surface area contributed by atoms with Crippen molar-refractivity contribution in [3.8, 4) is 0 Å². The van der Waals surface area contributed by atoms with Crippen LogP contribution in [0.15, 0.2) is 18.2 Å². The van der Waals surface area contributed by atoms with Gasteiger partial charge in [0.15, 0.2) is 0 Å².